The van der Waals surface area contributed by atoms with Crippen LogP contribution in [0.15, 0.2) is 23.6 Å². The van der Waals surface area contributed by atoms with Crippen LogP contribution in [0, 0.1) is 0 Å². The number of ether oxygens (including phenoxy) is 2. The second-order valence-corrected chi connectivity index (χ2v) is 5.91. The molecule has 1 heterocycles. The maximum Gasteiger partial charge on any atom is 0.161 e. The molecule has 2 aromatic rings. The number of nitrogens with zero attached hydrogens (tertiary/aromatic N) is 1. The second-order valence-electron chi connectivity index (χ2n) is 4.97. The average Bonchev–Trinajstić information content (AvgIpc) is 2.93. The zero-order chi connectivity index (χ0) is 15.2. The number of benzene rings is 1. The van der Waals surface area contributed by atoms with E-state index in [0.717, 1.165) is 29.1 Å². The van der Waals surface area contributed by atoms with E-state index >= 15 is 0 Å². The van der Waals surface area contributed by atoms with Gasteiger partial charge >= 0.3 is 0 Å². The van der Waals surface area contributed by atoms with Crippen LogP contribution in [0.5, 0.6) is 11.5 Å². The number of hydrogen-bond acceptors (Lipinski definition) is 5. The zero-order valence-corrected chi connectivity index (χ0v) is 13.6. The molecule has 0 bridgehead atoms. The van der Waals surface area contributed by atoms with Crippen LogP contribution in [0.2, 0.25) is 0 Å². The van der Waals surface area contributed by atoms with Gasteiger partial charge in [-0.15, -0.1) is 11.3 Å². The molecule has 4 nitrogen and oxygen atoms in total. The van der Waals surface area contributed by atoms with Gasteiger partial charge < -0.3 is 15.2 Å². The highest BCUT2D eigenvalue weighted by atomic mass is 32.1. The molecule has 0 aliphatic rings. The van der Waals surface area contributed by atoms with Crippen LogP contribution in [0.4, 0.5) is 0 Å². The summed E-state index contributed by atoms with van der Waals surface area (Å²) < 4.78 is 11.2. The normalized spacial score (nSPS) is 12.2. The Bertz CT molecular complexity index is 581. The monoisotopic (exact) mass is 306 g/mol. The Hall–Kier alpha value is -1.59. The Morgan fingerprint density at radius 3 is 2.81 bits per heavy atom. The highest BCUT2D eigenvalue weighted by Gasteiger charge is 2.09. The lowest BCUT2D eigenvalue weighted by molar-refractivity contribution is 0.281. The number of aryl methyl sites for hydroxylation is 1. The van der Waals surface area contributed by atoms with Crippen LogP contribution >= 0.6 is 11.3 Å². The Balaban J connectivity index is 2.04. The standard InChI is InChI=1S/C16H22N2O2S/c1-4-5-16-18-13(10-21-16)9-20-14-7-6-12(11(2)17)8-15(14)19-3/h6-8,10-11H,4-5,9,17H2,1-3H3/t11-/m1/s1. The lowest BCUT2D eigenvalue weighted by atomic mass is 10.1. The van der Waals surface area contributed by atoms with Crippen molar-refractivity contribution in [3.05, 3.63) is 39.8 Å². The first-order valence-corrected chi connectivity index (χ1v) is 8.01. The molecule has 0 spiro atoms. The maximum atomic E-state index is 5.88. The van der Waals surface area contributed by atoms with E-state index in [9.17, 15) is 0 Å². The minimum atomic E-state index is -0.0249. The van der Waals surface area contributed by atoms with Crippen molar-refractivity contribution >= 4 is 11.3 Å². The van der Waals surface area contributed by atoms with Crippen molar-refractivity contribution in [1.29, 1.82) is 0 Å². The van der Waals surface area contributed by atoms with Crippen molar-refractivity contribution in [2.75, 3.05) is 7.11 Å². The fourth-order valence-corrected chi connectivity index (χ4v) is 2.87. The number of nitrogens with two attached hydrogens (primary N) is 1. The molecule has 0 radical (unpaired) electrons. The van der Waals surface area contributed by atoms with Gasteiger partial charge in [-0.3, -0.25) is 0 Å². The molecule has 0 unspecified atom stereocenters. The minimum absolute atomic E-state index is 0.0249. The summed E-state index contributed by atoms with van der Waals surface area (Å²) in [4.78, 5) is 4.55. The predicted molar refractivity (Wildman–Crippen MR) is 86.0 cm³/mol. The molecule has 0 fully saturated rings. The van der Waals surface area contributed by atoms with E-state index in [-0.39, 0.29) is 6.04 Å². The van der Waals surface area contributed by atoms with Crippen LogP contribution in [-0.4, -0.2) is 12.1 Å². The molecule has 5 heteroatoms. The number of rotatable bonds is 7. The highest BCUT2D eigenvalue weighted by Crippen LogP contribution is 2.30. The van der Waals surface area contributed by atoms with Crippen LogP contribution < -0.4 is 15.2 Å². The topological polar surface area (TPSA) is 57.4 Å². The van der Waals surface area contributed by atoms with Crippen molar-refractivity contribution in [1.82, 2.24) is 4.98 Å². The van der Waals surface area contributed by atoms with E-state index in [2.05, 4.69) is 11.9 Å². The van der Waals surface area contributed by atoms with Crippen molar-refractivity contribution in [2.24, 2.45) is 5.73 Å². The van der Waals surface area contributed by atoms with Gasteiger partial charge in [0.25, 0.3) is 0 Å². The summed E-state index contributed by atoms with van der Waals surface area (Å²) in [6, 6.07) is 5.76. The molecule has 0 aliphatic heterocycles. The fourth-order valence-electron chi connectivity index (χ4n) is 1.98. The Labute approximate surface area is 129 Å². The minimum Gasteiger partial charge on any atom is -0.493 e. The molecular formula is C16H22N2O2S. The van der Waals surface area contributed by atoms with Gasteiger partial charge in [0.2, 0.25) is 0 Å². The quantitative estimate of drug-likeness (QED) is 0.847. The van der Waals surface area contributed by atoms with E-state index in [1.165, 1.54) is 0 Å². The third-order valence-electron chi connectivity index (χ3n) is 3.15. The molecule has 0 saturated heterocycles. The zero-order valence-electron chi connectivity index (χ0n) is 12.8. The lowest BCUT2D eigenvalue weighted by Crippen LogP contribution is -2.06. The van der Waals surface area contributed by atoms with Crippen LogP contribution in [0.25, 0.3) is 0 Å². The number of methoxy groups -OCH3 is 1. The molecule has 1 aromatic heterocycles. The van der Waals surface area contributed by atoms with Gasteiger partial charge in [0.15, 0.2) is 11.5 Å². The van der Waals surface area contributed by atoms with Crippen molar-refractivity contribution in [3.63, 3.8) is 0 Å². The summed E-state index contributed by atoms with van der Waals surface area (Å²) in [6.45, 7) is 4.55. The largest absolute Gasteiger partial charge is 0.493 e. The van der Waals surface area contributed by atoms with Crippen molar-refractivity contribution in [3.8, 4) is 11.5 Å². The maximum absolute atomic E-state index is 5.88. The molecule has 0 amide bonds. The molecule has 0 aliphatic carbocycles. The molecular weight excluding hydrogens is 284 g/mol. The van der Waals surface area contributed by atoms with Crippen molar-refractivity contribution < 1.29 is 9.47 Å². The van der Waals surface area contributed by atoms with Gasteiger partial charge in [-0.05, 0) is 37.5 Å². The third-order valence-corrected chi connectivity index (χ3v) is 4.11. The first kappa shape index (κ1) is 15.8. The highest BCUT2D eigenvalue weighted by molar-refractivity contribution is 7.09. The number of hydrogen-bond donors (Lipinski definition) is 1. The first-order valence-electron chi connectivity index (χ1n) is 7.13. The molecule has 2 rings (SSSR count). The Kier molecular flexibility index (Phi) is 5.59. The molecule has 21 heavy (non-hydrogen) atoms. The molecule has 2 N–H and O–H groups in total. The van der Waals surface area contributed by atoms with Gasteiger partial charge in [-0.25, -0.2) is 4.98 Å². The van der Waals surface area contributed by atoms with E-state index in [0.29, 0.717) is 18.1 Å². The van der Waals surface area contributed by atoms with Crippen LogP contribution in [-0.2, 0) is 13.0 Å². The molecule has 1 atom stereocenters. The van der Waals surface area contributed by atoms with Gasteiger partial charge in [-0.2, -0.15) is 0 Å². The summed E-state index contributed by atoms with van der Waals surface area (Å²) in [7, 11) is 1.63. The fraction of sp³-hybridized carbons (Fsp3) is 0.438. The van der Waals surface area contributed by atoms with E-state index < -0.39 is 0 Å². The summed E-state index contributed by atoms with van der Waals surface area (Å²) in [5.41, 5.74) is 7.86. The van der Waals surface area contributed by atoms with Gasteiger partial charge in [0.05, 0.1) is 17.8 Å². The Morgan fingerprint density at radius 1 is 1.33 bits per heavy atom. The lowest BCUT2D eigenvalue weighted by Gasteiger charge is -2.13. The summed E-state index contributed by atoms with van der Waals surface area (Å²) in [5.74, 6) is 1.42. The second kappa shape index (κ2) is 7.43. The molecule has 0 saturated carbocycles. The van der Waals surface area contributed by atoms with Crippen LogP contribution in [0.3, 0.4) is 0 Å². The summed E-state index contributed by atoms with van der Waals surface area (Å²) in [5, 5.41) is 3.21. The van der Waals surface area contributed by atoms with E-state index in [4.69, 9.17) is 15.2 Å². The predicted octanol–water partition coefficient (Wildman–Crippen LogP) is 3.70. The first-order chi connectivity index (χ1) is 10.1. The number of thiazole rings is 1. The van der Waals surface area contributed by atoms with Gasteiger partial charge in [0.1, 0.15) is 6.61 Å². The van der Waals surface area contributed by atoms with E-state index in [1.807, 2.05) is 30.5 Å². The van der Waals surface area contributed by atoms with Crippen molar-refractivity contribution in [2.45, 2.75) is 39.3 Å². The Morgan fingerprint density at radius 2 is 2.14 bits per heavy atom. The molecule has 114 valence electrons. The van der Waals surface area contributed by atoms with Gasteiger partial charge in [0, 0.05) is 11.4 Å². The SMILES string of the molecule is CCCc1nc(COc2ccc([C@@H](C)N)cc2OC)cs1. The smallest absolute Gasteiger partial charge is 0.161 e. The summed E-state index contributed by atoms with van der Waals surface area (Å²) >= 11 is 1.69. The molecule has 1 aromatic carbocycles. The van der Waals surface area contributed by atoms with Gasteiger partial charge in [-0.1, -0.05) is 13.0 Å². The number of aromatic nitrogens is 1. The third kappa shape index (κ3) is 4.19. The summed E-state index contributed by atoms with van der Waals surface area (Å²) in [6.07, 6.45) is 2.14. The van der Waals surface area contributed by atoms with E-state index in [1.54, 1.807) is 18.4 Å². The average molecular weight is 306 g/mol. The van der Waals surface area contributed by atoms with Crippen LogP contribution in [0.1, 0.15) is 42.6 Å².